The summed E-state index contributed by atoms with van der Waals surface area (Å²) in [5.41, 5.74) is 1.39. The molecule has 9 nitrogen and oxygen atoms in total. The molecule has 1 N–H and O–H groups in total. The maximum atomic E-state index is 13.7. The summed E-state index contributed by atoms with van der Waals surface area (Å²) in [4.78, 5) is 45.7. The molecular weight excluding hydrogens is 460 g/mol. The summed E-state index contributed by atoms with van der Waals surface area (Å²) in [6.45, 7) is 13.6. The van der Waals surface area contributed by atoms with Gasteiger partial charge in [-0.2, -0.15) is 0 Å². The highest BCUT2D eigenvalue weighted by Gasteiger charge is 2.53. The molecule has 0 radical (unpaired) electrons. The average Bonchev–Trinajstić information content (AvgIpc) is 3.43. The Bertz CT molecular complexity index is 952. The van der Waals surface area contributed by atoms with Gasteiger partial charge in [0.25, 0.3) is 5.91 Å². The van der Waals surface area contributed by atoms with Crippen molar-refractivity contribution in [2.75, 3.05) is 57.9 Å². The summed E-state index contributed by atoms with van der Waals surface area (Å²) < 4.78 is 11.1. The lowest BCUT2D eigenvalue weighted by Gasteiger charge is -2.35. The van der Waals surface area contributed by atoms with E-state index in [1.54, 1.807) is 12.0 Å². The Morgan fingerprint density at radius 2 is 1.81 bits per heavy atom. The van der Waals surface area contributed by atoms with Crippen LogP contribution in [-0.2, 0) is 19.1 Å². The first-order chi connectivity index (χ1) is 17.1. The Morgan fingerprint density at radius 3 is 2.39 bits per heavy atom. The molecule has 3 heterocycles. The molecule has 4 atom stereocenters. The number of nitrogens with one attached hydrogen (secondary N) is 1. The lowest BCUT2D eigenvalue weighted by molar-refractivity contribution is -0.138. The highest BCUT2D eigenvalue weighted by Crippen LogP contribution is 2.31. The van der Waals surface area contributed by atoms with E-state index in [-0.39, 0.29) is 42.3 Å². The van der Waals surface area contributed by atoms with Gasteiger partial charge in [-0.05, 0) is 42.6 Å². The number of Topliss-reactive ketones (excluding diaryl/α,β-unsaturated/α-hetero) is 1. The number of carbonyl (C=O) groups excluding carboxylic acids is 3. The Hall–Kier alpha value is -2.49. The van der Waals surface area contributed by atoms with Crippen LogP contribution >= 0.6 is 0 Å². The number of ketones is 1. The first-order valence-electron chi connectivity index (χ1n) is 13.0. The van der Waals surface area contributed by atoms with Crippen molar-refractivity contribution in [3.8, 4) is 0 Å². The van der Waals surface area contributed by atoms with E-state index in [4.69, 9.17) is 9.47 Å². The summed E-state index contributed by atoms with van der Waals surface area (Å²) in [6.07, 6.45) is -0.370. The number of amides is 2. The summed E-state index contributed by atoms with van der Waals surface area (Å²) in [6, 6.07) is 6.16. The number of rotatable bonds is 7. The number of likely N-dealkylation sites (tertiary alicyclic amines) is 1. The van der Waals surface area contributed by atoms with Crippen LogP contribution in [0.25, 0.3) is 0 Å². The van der Waals surface area contributed by atoms with Gasteiger partial charge in [0, 0.05) is 44.5 Å². The van der Waals surface area contributed by atoms with Crippen LogP contribution in [0.4, 0.5) is 5.69 Å². The van der Waals surface area contributed by atoms with Gasteiger partial charge in [0.05, 0.1) is 6.54 Å². The van der Waals surface area contributed by atoms with Gasteiger partial charge in [-0.3, -0.25) is 14.4 Å². The fraction of sp³-hybridized carbons (Fsp3) is 0.667. The van der Waals surface area contributed by atoms with Crippen LogP contribution in [0.2, 0.25) is 0 Å². The standard InChI is InChI=1S/C27H40N4O5/c1-6-29-11-13-30(14-12-29)19-9-7-18(8-10-19)25(33)28-20(15-27(2,3)4)26(34)31-16-22(35-5)24-23(31)21(32)17-36-24/h7-10,20,22-24H,6,11-17H2,1-5H3,(H,28,33)/t20?,22-,23+,24+/m0/s1. The number of piperazine rings is 1. The molecule has 4 rings (SSSR count). The van der Waals surface area contributed by atoms with Crippen LogP contribution in [0.1, 0.15) is 44.5 Å². The molecule has 3 aliphatic heterocycles. The SMILES string of the molecule is CCN1CCN(c2ccc(C(=O)NC(CC(C)(C)C)C(=O)N3C[C@H](OC)[C@H]4OCC(=O)[C@H]43)cc2)CC1. The highest BCUT2D eigenvalue weighted by atomic mass is 16.5. The zero-order chi connectivity index (χ0) is 26.0. The van der Waals surface area contributed by atoms with Gasteiger partial charge < -0.3 is 29.5 Å². The topological polar surface area (TPSA) is 91.4 Å². The second kappa shape index (κ2) is 10.9. The zero-order valence-electron chi connectivity index (χ0n) is 22.2. The number of ether oxygens (including phenoxy) is 2. The van der Waals surface area contributed by atoms with Gasteiger partial charge in [0.1, 0.15) is 30.9 Å². The molecule has 0 saturated carbocycles. The number of nitrogens with zero attached hydrogens (tertiary/aromatic N) is 3. The van der Waals surface area contributed by atoms with Crippen molar-refractivity contribution in [2.45, 2.75) is 58.4 Å². The Labute approximate surface area is 214 Å². The molecule has 1 aromatic carbocycles. The fourth-order valence-corrected chi connectivity index (χ4v) is 5.45. The minimum absolute atomic E-state index is 0.0187. The third-order valence-corrected chi connectivity index (χ3v) is 7.46. The van der Waals surface area contributed by atoms with Crippen LogP contribution in [0, 0.1) is 5.41 Å². The van der Waals surface area contributed by atoms with E-state index >= 15 is 0 Å². The van der Waals surface area contributed by atoms with E-state index in [9.17, 15) is 14.4 Å². The van der Waals surface area contributed by atoms with Gasteiger partial charge >= 0.3 is 0 Å². The van der Waals surface area contributed by atoms with Crippen LogP contribution in [0.15, 0.2) is 24.3 Å². The highest BCUT2D eigenvalue weighted by molar-refractivity contribution is 5.99. The minimum atomic E-state index is -0.760. The third-order valence-electron chi connectivity index (χ3n) is 7.46. The number of fused-ring (bicyclic) bond motifs is 1. The van der Waals surface area contributed by atoms with Crippen LogP contribution < -0.4 is 10.2 Å². The van der Waals surface area contributed by atoms with Gasteiger partial charge in [-0.25, -0.2) is 0 Å². The van der Waals surface area contributed by atoms with Gasteiger partial charge in [-0.15, -0.1) is 0 Å². The van der Waals surface area contributed by atoms with Crippen LogP contribution in [-0.4, -0.2) is 105 Å². The van der Waals surface area contributed by atoms with E-state index in [0.29, 0.717) is 12.0 Å². The van der Waals surface area contributed by atoms with Crippen molar-refractivity contribution in [3.63, 3.8) is 0 Å². The van der Waals surface area contributed by atoms with E-state index in [2.05, 4.69) is 22.0 Å². The molecule has 36 heavy (non-hydrogen) atoms. The predicted octanol–water partition coefficient (Wildman–Crippen LogP) is 1.56. The van der Waals surface area contributed by atoms with E-state index in [0.717, 1.165) is 38.4 Å². The molecule has 3 saturated heterocycles. The first-order valence-corrected chi connectivity index (χ1v) is 13.0. The number of hydrogen-bond donors (Lipinski definition) is 1. The van der Waals surface area contributed by atoms with Gasteiger partial charge in [0.15, 0.2) is 5.78 Å². The van der Waals surface area contributed by atoms with E-state index in [1.165, 1.54) is 0 Å². The third kappa shape index (κ3) is 5.74. The van der Waals surface area contributed by atoms with Crippen molar-refractivity contribution < 1.29 is 23.9 Å². The normalized spacial score (nSPS) is 25.7. The smallest absolute Gasteiger partial charge is 0.251 e. The Morgan fingerprint density at radius 1 is 1.14 bits per heavy atom. The monoisotopic (exact) mass is 500 g/mol. The second-order valence-corrected chi connectivity index (χ2v) is 11.2. The van der Waals surface area contributed by atoms with E-state index in [1.807, 2.05) is 45.0 Å². The summed E-state index contributed by atoms with van der Waals surface area (Å²) in [5.74, 6) is -0.686. The number of hydrogen-bond acceptors (Lipinski definition) is 7. The maximum absolute atomic E-state index is 13.7. The maximum Gasteiger partial charge on any atom is 0.251 e. The molecular formula is C27H40N4O5. The largest absolute Gasteiger partial charge is 0.377 e. The molecule has 0 aromatic heterocycles. The minimum Gasteiger partial charge on any atom is -0.377 e. The summed E-state index contributed by atoms with van der Waals surface area (Å²) in [5, 5.41) is 2.96. The number of likely N-dealkylation sites (N-methyl/N-ethyl adjacent to an activating group) is 1. The lowest BCUT2D eigenvalue weighted by atomic mass is 9.87. The van der Waals surface area contributed by atoms with Crippen molar-refractivity contribution in [1.29, 1.82) is 0 Å². The van der Waals surface area contributed by atoms with Gasteiger partial charge in [0.2, 0.25) is 5.91 Å². The molecule has 3 aliphatic rings. The molecule has 1 aromatic rings. The van der Waals surface area contributed by atoms with E-state index < -0.39 is 18.2 Å². The molecule has 9 heteroatoms. The van der Waals surface area contributed by atoms with Crippen LogP contribution in [0.5, 0.6) is 0 Å². The van der Waals surface area contributed by atoms with Gasteiger partial charge in [-0.1, -0.05) is 27.7 Å². The quantitative estimate of drug-likeness (QED) is 0.608. The van der Waals surface area contributed by atoms with Crippen molar-refractivity contribution >= 4 is 23.3 Å². The molecule has 0 spiro atoms. The average molecular weight is 501 g/mol. The van der Waals surface area contributed by atoms with Crippen LogP contribution in [0.3, 0.4) is 0 Å². The van der Waals surface area contributed by atoms with Crippen molar-refractivity contribution in [3.05, 3.63) is 29.8 Å². The summed E-state index contributed by atoms with van der Waals surface area (Å²) in [7, 11) is 1.56. The van der Waals surface area contributed by atoms with Crippen molar-refractivity contribution in [2.24, 2.45) is 5.41 Å². The van der Waals surface area contributed by atoms with Crippen molar-refractivity contribution in [1.82, 2.24) is 15.1 Å². The molecule has 2 amide bonds. The summed E-state index contributed by atoms with van der Waals surface area (Å²) >= 11 is 0. The Kier molecular flexibility index (Phi) is 8.02. The number of carbonyl (C=O) groups is 3. The molecule has 198 valence electrons. The fourth-order valence-electron chi connectivity index (χ4n) is 5.45. The number of anilines is 1. The first kappa shape index (κ1) is 26.6. The Balaban J connectivity index is 1.46. The predicted molar refractivity (Wildman–Crippen MR) is 137 cm³/mol. The number of benzene rings is 1. The zero-order valence-corrected chi connectivity index (χ0v) is 22.2. The molecule has 0 aliphatic carbocycles. The molecule has 0 bridgehead atoms. The second-order valence-electron chi connectivity index (χ2n) is 11.2. The molecule has 3 fully saturated rings. The molecule has 1 unspecified atom stereocenters. The lowest BCUT2D eigenvalue weighted by Crippen LogP contribution is -2.53. The number of methoxy groups -OCH3 is 1.